The van der Waals surface area contributed by atoms with Crippen LogP contribution in [0.1, 0.15) is 26.2 Å². The monoisotopic (exact) mass is 383 g/mol. The molecule has 0 aromatic heterocycles. The van der Waals surface area contributed by atoms with Gasteiger partial charge in [0, 0.05) is 31.4 Å². The van der Waals surface area contributed by atoms with Gasteiger partial charge in [-0.25, -0.2) is 8.42 Å². The molecule has 2 aliphatic heterocycles. The quantitative estimate of drug-likeness (QED) is 0.808. The van der Waals surface area contributed by atoms with E-state index >= 15 is 0 Å². The van der Waals surface area contributed by atoms with Crippen LogP contribution >= 0.6 is 12.2 Å². The van der Waals surface area contributed by atoms with Gasteiger partial charge >= 0.3 is 0 Å². The highest BCUT2D eigenvalue weighted by Crippen LogP contribution is 2.21. The molecule has 6 nitrogen and oxygen atoms in total. The van der Waals surface area contributed by atoms with E-state index in [1.54, 1.807) is 24.3 Å². The highest BCUT2D eigenvalue weighted by atomic mass is 32.2. The Hall–Kier alpha value is -1.22. The molecule has 0 radical (unpaired) electrons. The minimum absolute atomic E-state index is 0.303. The fourth-order valence-corrected chi connectivity index (χ4v) is 5.04. The number of nitrogens with one attached hydrogen (secondary N) is 1. The number of sulfonamides is 1. The number of hydrogen-bond donors (Lipinski definition) is 1. The first-order chi connectivity index (χ1) is 12.0. The molecule has 2 aliphatic rings. The standard InChI is InChI=1S/C17H25N3O3S2/c1-14-4-2-3-9-20(14)17(24)18-15-5-7-16(8-6-15)25(21,22)19-10-12-23-13-11-19/h5-8,14H,2-4,9-13H2,1H3,(H,18,24)/t14-/m0/s1. The smallest absolute Gasteiger partial charge is 0.243 e. The summed E-state index contributed by atoms with van der Waals surface area (Å²) in [5.41, 5.74) is 0.809. The molecule has 1 aromatic rings. The van der Waals surface area contributed by atoms with Gasteiger partial charge in [0.15, 0.2) is 5.11 Å². The van der Waals surface area contributed by atoms with Gasteiger partial charge < -0.3 is 15.0 Å². The molecule has 0 unspecified atom stereocenters. The zero-order valence-corrected chi connectivity index (χ0v) is 16.1. The van der Waals surface area contributed by atoms with Gasteiger partial charge in [-0.2, -0.15) is 4.31 Å². The first-order valence-electron chi connectivity index (χ1n) is 8.74. The van der Waals surface area contributed by atoms with Crippen LogP contribution in [0.4, 0.5) is 5.69 Å². The van der Waals surface area contributed by atoms with E-state index in [0.717, 1.165) is 25.1 Å². The maximum Gasteiger partial charge on any atom is 0.243 e. The van der Waals surface area contributed by atoms with Gasteiger partial charge in [0.1, 0.15) is 0 Å². The SMILES string of the molecule is C[C@H]1CCCCN1C(=S)Nc1ccc(S(=O)(=O)N2CCOCC2)cc1. The fraction of sp³-hybridized carbons (Fsp3) is 0.588. The van der Waals surface area contributed by atoms with Crippen molar-refractivity contribution in [1.82, 2.24) is 9.21 Å². The third-order valence-electron chi connectivity index (χ3n) is 4.78. The van der Waals surface area contributed by atoms with Crippen molar-refractivity contribution in [2.24, 2.45) is 0 Å². The minimum atomic E-state index is -3.45. The maximum atomic E-state index is 12.6. The number of nitrogens with zero attached hydrogens (tertiary/aromatic N) is 2. The van der Waals surface area contributed by atoms with E-state index < -0.39 is 10.0 Å². The molecule has 8 heteroatoms. The van der Waals surface area contributed by atoms with E-state index in [-0.39, 0.29) is 0 Å². The largest absolute Gasteiger partial charge is 0.379 e. The minimum Gasteiger partial charge on any atom is -0.379 e. The summed E-state index contributed by atoms with van der Waals surface area (Å²) in [6.07, 6.45) is 3.55. The molecular weight excluding hydrogens is 358 g/mol. The van der Waals surface area contributed by atoms with Gasteiger partial charge in [-0.15, -0.1) is 0 Å². The third-order valence-corrected chi connectivity index (χ3v) is 7.03. The van der Waals surface area contributed by atoms with Crippen LogP contribution < -0.4 is 5.32 Å². The Labute approximate surface area is 155 Å². The Morgan fingerprint density at radius 3 is 2.48 bits per heavy atom. The average molecular weight is 384 g/mol. The van der Waals surface area contributed by atoms with Gasteiger partial charge in [-0.1, -0.05) is 0 Å². The number of benzene rings is 1. The summed E-state index contributed by atoms with van der Waals surface area (Å²) in [5.74, 6) is 0. The van der Waals surface area contributed by atoms with Crippen molar-refractivity contribution >= 4 is 33.0 Å². The van der Waals surface area contributed by atoms with Crippen molar-refractivity contribution in [2.45, 2.75) is 37.1 Å². The van der Waals surface area contributed by atoms with Crippen LogP contribution in [0, 0.1) is 0 Å². The van der Waals surface area contributed by atoms with E-state index in [1.165, 1.54) is 10.7 Å². The molecule has 2 fully saturated rings. The highest BCUT2D eigenvalue weighted by molar-refractivity contribution is 7.89. The van der Waals surface area contributed by atoms with Crippen molar-refractivity contribution in [1.29, 1.82) is 0 Å². The first-order valence-corrected chi connectivity index (χ1v) is 10.6. The molecule has 25 heavy (non-hydrogen) atoms. The number of morpholine rings is 1. The first kappa shape index (κ1) is 18.6. The number of anilines is 1. The molecule has 0 amide bonds. The van der Waals surface area contributed by atoms with Gasteiger partial charge in [0.25, 0.3) is 0 Å². The molecule has 2 heterocycles. The molecule has 3 rings (SSSR count). The molecule has 0 spiro atoms. The number of thiocarbonyl (C=S) groups is 1. The van der Waals surface area contributed by atoms with Crippen molar-refractivity contribution in [2.75, 3.05) is 38.2 Å². The second-order valence-corrected chi connectivity index (χ2v) is 8.83. The van der Waals surface area contributed by atoms with Gasteiger partial charge in [0.05, 0.1) is 18.1 Å². The lowest BCUT2D eigenvalue weighted by Crippen LogP contribution is -2.44. The van der Waals surface area contributed by atoms with Crippen LogP contribution in [0.25, 0.3) is 0 Å². The van der Waals surface area contributed by atoms with Gasteiger partial charge in [-0.05, 0) is 62.7 Å². The second kappa shape index (κ2) is 7.99. The molecule has 0 saturated carbocycles. The van der Waals surface area contributed by atoms with Crippen molar-refractivity contribution in [3.63, 3.8) is 0 Å². The Balaban J connectivity index is 1.66. The summed E-state index contributed by atoms with van der Waals surface area (Å²) in [6, 6.07) is 7.25. The van der Waals surface area contributed by atoms with Crippen LogP contribution in [0.5, 0.6) is 0 Å². The molecule has 1 aromatic carbocycles. The summed E-state index contributed by atoms with van der Waals surface area (Å²) in [7, 11) is -3.45. The van der Waals surface area contributed by atoms with Gasteiger partial charge in [-0.3, -0.25) is 0 Å². The van der Waals surface area contributed by atoms with Gasteiger partial charge in [0.2, 0.25) is 10.0 Å². The lowest BCUT2D eigenvalue weighted by molar-refractivity contribution is 0.0730. The number of rotatable bonds is 3. The summed E-state index contributed by atoms with van der Waals surface area (Å²) in [4.78, 5) is 2.51. The summed E-state index contributed by atoms with van der Waals surface area (Å²) >= 11 is 5.52. The zero-order valence-electron chi connectivity index (χ0n) is 14.5. The molecule has 1 N–H and O–H groups in total. The number of likely N-dealkylation sites (tertiary alicyclic amines) is 1. The third kappa shape index (κ3) is 4.31. The lowest BCUT2D eigenvalue weighted by atomic mass is 10.0. The average Bonchev–Trinajstić information content (AvgIpc) is 2.63. The predicted octanol–water partition coefficient (Wildman–Crippen LogP) is 2.28. The number of piperidine rings is 1. The van der Waals surface area contributed by atoms with Crippen molar-refractivity contribution < 1.29 is 13.2 Å². The second-order valence-electron chi connectivity index (χ2n) is 6.51. The predicted molar refractivity (Wildman–Crippen MR) is 102 cm³/mol. The normalized spacial score (nSPS) is 22.6. The Morgan fingerprint density at radius 1 is 1.16 bits per heavy atom. The van der Waals surface area contributed by atoms with E-state index in [0.29, 0.717) is 42.4 Å². The molecule has 0 aliphatic carbocycles. The van der Waals surface area contributed by atoms with Crippen molar-refractivity contribution in [3.8, 4) is 0 Å². The Kier molecular flexibility index (Phi) is 5.93. The topological polar surface area (TPSA) is 61.9 Å². The zero-order chi connectivity index (χ0) is 17.9. The van der Waals surface area contributed by atoms with Crippen molar-refractivity contribution in [3.05, 3.63) is 24.3 Å². The van der Waals surface area contributed by atoms with Crippen LogP contribution in [0.3, 0.4) is 0 Å². The molecule has 0 bridgehead atoms. The summed E-state index contributed by atoms with van der Waals surface area (Å²) < 4.78 is 31.9. The summed E-state index contributed by atoms with van der Waals surface area (Å²) in [5, 5.41) is 3.93. The van der Waals surface area contributed by atoms with Crippen LogP contribution in [-0.2, 0) is 14.8 Å². The Morgan fingerprint density at radius 2 is 1.84 bits per heavy atom. The molecule has 2 saturated heterocycles. The van der Waals surface area contributed by atoms with E-state index in [4.69, 9.17) is 17.0 Å². The summed E-state index contributed by atoms with van der Waals surface area (Å²) in [6.45, 7) is 4.85. The molecule has 138 valence electrons. The van der Waals surface area contributed by atoms with E-state index in [1.807, 2.05) is 0 Å². The Bertz CT molecular complexity index is 700. The lowest BCUT2D eigenvalue weighted by Gasteiger charge is -2.35. The highest BCUT2D eigenvalue weighted by Gasteiger charge is 2.26. The van der Waals surface area contributed by atoms with E-state index in [9.17, 15) is 8.42 Å². The van der Waals surface area contributed by atoms with E-state index in [2.05, 4.69) is 17.1 Å². The van der Waals surface area contributed by atoms with Crippen LogP contribution in [0.15, 0.2) is 29.2 Å². The fourth-order valence-electron chi connectivity index (χ4n) is 3.24. The van der Waals surface area contributed by atoms with Crippen LogP contribution in [-0.4, -0.2) is 61.6 Å². The molecular formula is C17H25N3O3S2. The number of ether oxygens (including phenoxy) is 1. The number of hydrogen-bond acceptors (Lipinski definition) is 4. The van der Waals surface area contributed by atoms with Crippen LogP contribution in [0.2, 0.25) is 0 Å². The maximum absolute atomic E-state index is 12.6. The molecule has 1 atom stereocenters.